The topological polar surface area (TPSA) is 52.6 Å². The molecule has 1 amide bonds. The number of nitrogens with zero attached hydrogens (tertiary/aromatic N) is 1. The summed E-state index contributed by atoms with van der Waals surface area (Å²) in [7, 11) is 0. The molecule has 0 aromatic carbocycles. The maximum atomic E-state index is 11.3. The Morgan fingerprint density at radius 1 is 1.75 bits per heavy atom. The highest BCUT2D eigenvalue weighted by Crippen LogP contribution is 1.98. The van der Waals surface area contributed by atoms with Crippen molar-refractivity contribution >= 4 is 5.91 Å². The van der Waals surface area contributed by atoms with E-state index in [1.807, 2.05) is 0 Å². The standard InChI is InChI=1S/C8H16N2O2/c1-7(11)6-10-4-2-3-9-5-8(10)12/h7,9,11H,2-6H2,1H3. The second-order valence-electron chi connectivity index (χ2n) is 3.22. The van der Waals surface area contributed by atoms with Gasteiger partial charge in [0.05, 0.1) is 12.6 Å². The number of aliphatic hydroxyl groups is 1. The third-order valence-corrected chi connectivity index (χ3v) is 1.90. The first-order valence-electron chi connectivity index (χ1n) is 4.36. The van der Waals surface area contributed by atoms with Gasteiger partial charge in [0.15, 0.2) is 0 Å². The Kier molecular flexibility index (Phi) is 3.49. The summed E-state index contributed by atoms with van der Waals surface area (Å²) in [5.74, 6) is 0.0911. The molecule has 1 aliphatic heterocycles. The highest BCUT2D eigenvalue weighted by molar-refractivity contribution is 5.78. The molecule has 4 nitrogen and oxygen atoms in total. The van der Waals surface area contributed by atoms with Crippen molar-refractivity contribution in [2.45, 2.75) is 19.4 Å². The number of hydrogen-bond donors (Lipinski definition) is 2. The maximum Gasteiger partial charge on any atom is 0.236 e. The van der Waals surface area contributed by atoms with Crippen LogP contribution >= 0.6 is 0 Å². The fraction of sp³-hybridized carbons (Fsp3) is 0.875. The molecular weight excluding hydrogens is 156 g/mol. The van der Waals surface area contributed by atoms with E-state index >= 15 is 0 Å². The summed E-state index contributed by atoms with van der Waals surface area (Å²) >= 11 is 0. The maximum absolute atomic E-state index is 11.3. The first-order chi connectivity index (χ1) is 5.70. The van der Waals surface area contributed by atoms with Gasteiger partial charge < -0.3 is 15.3 Å². The SMILES string of the molecule is CC(O)CN1CCCNCC1=O. The Hall–Kier alpha value is -0.610. The molecule has 2 N–H and O–H groups in total. The van der Waals surface area contributed by atoms with Crippen LogP contribution in [-0.4, -0.2) is 48.2 Å². The fourth-order valence-corrected chi connectivity index (χ4v) is 1.34. The van der Waals surface area contributed by atoms with E-state index in [1.165, 1.54) is 0 Å². The minimum Gasteiger partial charge on any atom is -0.392 e. The predicted octanol–water partition coefficient (Wildman–Crippen LogP) is -0.811. The zero-order valence-corrected chi connectivity index (χ0v) is 7.42. The molecule has 1 heterocycles. The van der Waals surface area contributed by atoms with Crippen molar-refractivity contribution < 1.29 is 9.90 Å². The number of amides is 1. The van der Waals surface area contributed by atoms with E-state index in [0.29, 0.717) is 13.1 Å². The predicted molar refractivity (Wildman–Crippen MR) is 45.7 cm³/mol. The van der Waals surface area contributed by atoms with Crippen LogP contribution in [-0.2, 0) is 4.79 Å². The van der Waals surface area contributed by atoms with Crippen LogP contribution in [0, 0.1) is 0 Å². The van der Waals surface area contributed by atoms with Crippen LogP contribution < -0.4 is 5.32 Å². The molecule has 1 unspecified atom stereocenters. The van der Waals surface area contributed by atoms with Crippen LogP contribution in [0.25, 0.3) is 0 Å². The molecule has 12 heavy (non-hydrogen) atoms. The Labute approximate surface area is 72.6 Å². The van der Waals surface area contributed by atoms with Gasteiger partial charge in [0.2, 0.25) is 5.91 Å². The summed E-state index contributed by atoms with van der Waals surface area (Å²) in [6, 6.07) is 0. The molecule has 0 spiro atoms. The number of β-amino-alcohol motifs (C(OH)–C–C–N with tert-alkyl or cyclic N) is 1. The zero-order valence-electron chi connectivity index (χ0n) is 7.42. The molecule has 1 aliphatic rings. The highest BCUT2D eigenvalue weighted by Gasteiger charge is 2.16. The minimum absolute atomic E-state index is 0.0911. The number of hydrogen-bond acceptors (Lipinski definition) is 3. The lowest BCUT2D eigenvalue weighted by atomic mass is 10.3. The van der Waals surface area contributed by atoms with E-state index in [4.69, 9.17) is 5.11 Å². The van der Waals surface area contributed by atoms with E-state index in [0.717, 1.165) is 19.5 Å². The fourth-order valence-electron chi connectivity index (χ4n) is 1.34. The van der Waals surface area contributed by atoms with Crippen molar-refractivity contribution in [1.82, 2.24) is 10.2 Å². The summed E-state index contributed by atoms with van der Waals surface area (Å²) < 4.78 is 0. The number of aliphatic hydroxyl groups excluding tert-OH is 1. The number of carbonyl (C=O) groups is 1. The van der Waals surface area contributed by atoms with Gasteiger partial charge in [0, 0.05) is 13.1 Å². The molecule has 70 valence electrons. The summed E-state index contributed by atoms with van der Waals surface area (Å²) in [6.45, 7) is 4.22. The summed E-state index contributed by atoms with van der Waals surface area (Å²) in [6.07, 6.45) is 0.547. The van der Waals surface area contributed by atoms with Crippen LogP contribution in [0.3, 0.4) is 0 Å². The van der Waals surface area contributed by atoms with Gasteiger partial charge in [-0.25, -0.2) is 0 Å². The molecule has 0 bridgehead atoms. The van der Waals surface area contributed by atoms with E-state index in [2.05, 4.69) is 5.32 Å². The van der Waals surface area contributed by atoms with Gasteiger partial charge in [-0.1, -0.05) is 0 Å². The molecule has 1 fully saturated rings. The van der Waals surface area contributed by atoms with E-state index in [1.54, 1.807) is 11.8 Å². The molecule has 0 radical (unpaired) electrons. The zero-order chi connectivity index (χ0) is 8.97. The molecule has 0 aliphatic carbocycles. The van der Waals surface area contributed by atoms with Crippen LogP contribution in [0.4, 0.5) is 0 Å². The van der Waals surface area contributed by atoms with Crippen LogP contribution in [0.5, 0.6) is 0 Å². The molecule has 4 heteroatoms. The van der Waals surface area contributed by atoms with Crippen LogP contribution in [0.2, 0.25) is 0 Å². The van der Waals surface area contributed by atoms with Gasteiger partial charge in [-0.15, -0.1) is 0 Å². The third-order valence-electron chi connectivity index (χ3n) is 1.90. The second kappa shape index (κ2) is 4.42. The van der Waals surface area contributed by atoms with E-state index in [9.17, 15) is 4.79 Å². The van der Waals surface area contributed by atoms with Crippen molar-refractivity contribution in [3.05, 3.63) is 0 Å². The average molecular weight is 172 g/mol. The van der Waals surface area contributed by atoms with Crippen molar-refractivity contribution in [2.24, 2.45) is 0 Å². The lowest BCUT2D eigenvalue weighted by molar-refractivity contribution is -0.130. The Balaban J connectivity index is 2.42. The number of nitrogens with one attached hydrogen (secondary N) is 1. The quantitative estimate of drug-likeness (QED) is 0.573. The monoisotopic (exact) mass is 172 g/mol. The number of carbonyl (C=O) groups excluding carboxylic acids is 1. The van der Waals surface area contributed by atoms with E-state index < -0.39 is 6.10 Å². The van der Waals surface area contributed by atoms with Crippen molar-refractivity contribution in [3.8, 4) is 0 Å². The lowest BCUT2D eigenvalue weighted by Crippen LogP contribution is -2.39. The summed E-state index contributed by atoms with van der Waals surface area (Å²) in [4.78, 5) is 13.0. The lowest BCUT2D eigenvalue weighted by Gasteiger charge is -2.21. The molecule has 0 aromatic heterocycles. The number of rotatable bonds is 2. The third kappa shape index (κ3) is 2.79. The largest absolute Gasteiger partial charge is 0.392 e. The van der Waals surface area contributed by atoms with Gasteiger partial charge in [-0.05, 0) is 19.9 Å². The normalized spacial score (nSPS) is 22.2. The van der Waals surface area contributed by atoms with Gasteiger partial charge in [-0.3, -0.25) is 4.79 Å². The summed E-state index contributed by atoms with van der Waals surface area (Å²) in [5.41, 5.74) is 0. The second-order valence-corrected chi connectivity index (χ2v) is 3.22. The van der Waals surface area contributed by atoms with Crippen molar-refractivity contribution in [1.29, 1.82) is 0 Å². The van der Waals surface area contributed by atoms with Gasteiger partial charge >= 0.3 is 0 Å². The van der Waals surface area contributed by atoms with Crippen molar-refractivity contribution in [2.75, 3.05) is 26.2 Å². The van der Waals surface area contributed by atoms with E-state index in [-0.39, 0.29) is 5.91 Å². The Morgan fingerprint density at radius 3 is 3.17 bits per heavy atom. The smallest absolute Gasteiger partial charge is 0.236 e. The molecule has 1 atom stereocenters. The molecule has 0 aromatic rings. The molecule has 0 saturated carbocycles. The Bertz CT molecular complexity index is 159. The highest BCUT2D eigenvalue weighted by atomic mass is 16.3. The minimum atomic E-state index is -0.424. The van der Waals surface area contributed by atoms with Crippen LogP contribution in [0.15, 0.2) is 0 Å². The van der Waals surface area contributed by atoms with Gasteiger partial charge in [-0.2, -0.15) is 0 Å². The Morgan fingerprint density at radius 2 is 2.50 bits per heavy atom. The van der Waals surface area contributed by atoms with Gasteiger partial charge in [0.1, 0.15) is 0 Å². The average Bonchev–Trinajstić information content (AvgIpc) is 2.16. The first kappa shape index (κ1) is 9.48. The van der Waals surface area contributed by atoms with Crippen LogP contribution in [0.1, 0.15) is 13.3 Å². The van der Waals surface area contributed by atoms with Crippen molar-refractivity contribution in [3.63, 3.8) is 0 Å². The molecule has 1 saturated heterocycles. The first-order valence-corrected chi connectivity index (χ1v) is 4.36. The van der Waals surface area contributed by atoms with Gasteiger partial charge in [0.25, 0.3) is 0 Å². The summed E-state index contributed by atoms with van der Waals surface area (Å²) in [5, 5.41) is 12.1. The molecule has 1 rings (SSSR count). The molecular formula is C8H16N2O2.